The van der Waals surface area contributed by atoms with Crippen molar-refractivity contribution in [2.45, 2.75) is 19.4 Å². The van der Waals surface area contributed by atoms with Crippen LogP contribution in [0.1, 0.15) is 29.8 Å². The fourth-order valence-corrected chi connectivity index (χ4v) is 2.34. The van der Waals surface area contributed by atoms with E-state index < -0.39 is 17.7 Å². The number of hydrogen-bond donors (Lipinski definition) is 1. The van der Waals surface area contributed by atoms with Gasteiger partial charge in [-0.05, 0) is 46.1 Å². The van der Waals surface area contributed by atoms with Gasteiger partial charge in [-0.25, -0.2) is 8.78 Å². The van der Waals surface area contributed by atoms with Gasteiger partial charge in [-0.1, -0.05) is 13.0 Å². The number of aryl methyl sites for hydroxylation is 1. The number of rotatable bonds is 3. The minimum atomic E-state index is -0.923. The Bertz CT molecular complexity index is 602. The monoisotopic (exact) mass is 326 g/mol. The molecule has 1 heterocycles. The van der Waals surface area contributed by atoms with Crippen molar-refractivity contribution in [1.29, 1.82) is 0 Å². The van der Waals surface area contributed by atoms with E-state index in [1.54, 1.807) is 12.3 Å². The molecule has 2 rings (SSSR count). The molecule has 0 fully saturated rings. The molecule has 1 atom stereocenters. The van der Waals surface area contributed by atoms with Gasteiger partial charge in [0.2, 0.25) is 0 Å². The Labute approximate surface area is 118 Å². The molecule has 0 bridgehead atoms. The third-order valence-electron chi connectivity index (χ3n) is 2.99. The maximum absolute atomic E-state index is 14.0. The number of nitrogens with two attached hydrogens (primary N) is 1. The first-order chi connectivity index (χ1) is 9.06. The lowest BCUT2D eigenvalue weighted by Crippen LogP contribution is -2.19. The summed E-state index contributed by atoms with van der Waals surface area (Å²) in [4.78, 5) is 4.16. The third kappa shape index (κ3) is 2.67. The number of benzene rings is 1. The van der Waals surface area contributed by atoms with Crippen LogP contribution in [0.4, 0.5) is 8.78 Å². The van der Waals surface area contributed by atoms with E-state index in [2.05, 4.69) is 20.9 Å². The summed E-state index contributed by atoms with van der Waals surface area (Å²) in [6, 6.07) is 5.23. The zero-order chi connectivity index (χ0) is 14.0. The maximum atomic E-state index is 14.0. The predicted molar refractivity (Wildman–Crippen MR) is 73.7 cm³/mol. The highest BCUT2D eigenvalue weighted by Crippen LogP contribution is 2.29. The Morgan fingerprint density at radius 3 is 2.74 bits per heavy atom. The summed E-state index contributed by atoms with van der Waals surface area (Å²) in [5.41, 5.74) is 7.22. The highest BCUT2D eigenvalue weighted by Gasteiger charge is 2.22. The largest absolute Gasteiger partial charge is 0.319 e. The fourth-order valence-electron chi connectivity index (χ4n) is 1.99. The fraction of sp³-hybridized carbons (Fsp3) is 0.214. The SMILES string of the molecule is CCc1cccnc1C(N)c1c(F)ccc(Br)c1F. The second kappa shape index (κ2) is 5.75. The van der Waals surface area contributed by atoms with E-state index in [0.717, 1.165) is 5.56 Å². The van der Waals surface area contributed by atoms with Crippen molar-refractivity contribution >= 4 is 15.9 Å². The molecule has 2 aromatic rings. The molecule has 0 spiro atoms. The van der Waals surface area contributed by atoms with Gasteiger partial charge in [0.05, 0.1) is 16.2 Å². The molecule has 2 N–H and O–H groups in total. The highest BCUT2D eigenvalue weighted by molar-refractivity contribution is 9.10. The van der Waals surface area contributed by atoms with Crippen LogP contribution in [0.2, 0.25) is 0 Å². The van der Waals surface area contributed by atoms with E-state index in [0.29, 0.717) is 12.1 Å². The van der Waals surface area contributed by atoms with Crippen molar-refractivity contribution in [1.82, 2.24) is 4.98 Å². The molecular weight excluding hydrogens is 314 g/mol. The van der Waals surface area contributed by atoms with E-state index >= 15 is 0 Å². The van der Waals surface area contributed by atoms with Gasteiger partial charge in [0.1, 0.15) is 11.6 Å². The van der Waals surface area contributed by atoms with Crippen molar-refractivity contribution in [3.05, 3.63) is 63.4 Å². The van der Waals surface area contributed by atoms with Crippen LogP contribution in [-0.2, 0) is 6.42 Å². The van der Waals surface area contributed by atoms with Crippen molar-refractivity contribution in [2.24, 2.45) is 5.73 Å². The van der Waals surface area contributed by atoms with Gasteiger partial charge in [0.15, 0.2) is 0 Å². The van der Waals surface area contributed by atoms with Crippen molar-refractivity contribution in [2.75, 3.05) is 0 Å². The second-order valence-electron chi connectivity index (χ2n) is 4.14. The Morgan fingerprint density at radius 1 is 1.32 bits per heavy atom. The molecule has 0 aliphatic carbocycles. The van der Waals surface area contributed by atoms with Crippen LogP contribution < -0.4 is 5.73 Å². The molecule has 19 heavy (non-hydrogen) atoms. The van der Waals surface area contributed by atoms with Gasteiger partial charge >= 0.3 is 0 Å². The lowest BCUT2D eigenvalue weighted by molar-refractivity contribution is 0.536. The first-order valence-corrected chi connectivity index (χ1v) is 6.68. The summed E-state index contributed by atoms with van der Waals surface area (Å²) in [6.45, 7) is 1.95. The topological polar surface area (TPSA) is 38.9 Å². The summed E-state index contributed by atoms with van der Waals surface area (Å²) in [6.07, 6.45) is 2.27. The standard InChI is InChI=1S/C14H13BrF2N2/c1-2-8-4-3-7-19-14(8)13(18)11-10(16)6-5-9(15)12(11)17/h3-7,13H,2,18H2,1H3. The molecule has 0 aliphatic heterocycles. The van der Waals surface area contributed by atoms with Crippen LogP contribution in [0.5, 0.6) is 0 Å². The summed E-state index contributed by atoms with van der Waals surface area (Å²) >= 11 is 3.04. The van der Waals surface area contributed by atoms with Crippen molar-refractivity contribution in [3.8, 4) is 0 Å². The van der Waals surface area contributed by atoms with Crippen molar-refractivity contribution in [3.63, 3.8) is 0 Å². The molecule has 0 saturated carbocycles. The van der Waals surface area contributed by atoms with E-state index in [1.807, 2.05) is 13.0 Å². The summed E-state index contributed by atoms with van der Waals surface area (Å²) in [7, 11) is 0. The zero-order valence-corrected chi connectivity index (χ0v) is 11.9. The van der Waals surface area contributed by atoms with E-state index in [-0.39, 0.29) is 10.0 Å². The van der Waals surface area contributed by atoms with E-state index in [9.17, 15) is 8.78 Å². The van der Waals surface area contributed by atoms with Crippen molar-refractivity contribution < 1.29 is 8.78 Å². The van der Waals surface area contributed by atoms with Gasteiger partial charge in [0, 0.05) is 11.8 Å². The number of hydrogen-bond acceptors (Lipinski definition) is 2. The van der Waals surface area contributed by atoms with Crippen LogP contribution in [0.25, 0.3) is 0 Å². The average Bonchev–Trinajstić information content (AvgIpc) is 2.43. The third-order valence-corrected chi connectivity index (χ3v) is 3.60. The lowest BCUT2D eigenvalue weighted by atomic mass is 9.98. The summed E-state index contributed by atoms with van der Waals surface area (Å²) in [5, 5.41) is 0. The first kappa shape index (κ1) is 14.1. The zero-order valence-electron chi connectivity index (χ0n) is 10.3. The Morgan fingerprint density at radius 2 is 2.05 bits per heavy atom. The van der Waals surface area contributed by atoms with Gasteiger partial charge in [0.25, 0.3) is 0 Å². The number of aromatic nitrogens is 1. The molecule has 0 radical (unpaired) electrons. The van der Waals surface area contributed by atoms with Gasteiger partial charge < -0.3 is 5.73 Å². The molecule has 0 aliphatic rings. The van der Waals surface area contributed by atoms with Crippen LogP contribution in [-0.4, -0.2) is 4.98 Å². The summed E-state index contributed by atoms with van der Waals surface area (Å²) in [5.74, 6) is -1.35. The Balaban J connectivity index is 2.56. The van der Waals surface area contributed by atoms with Gasteiger partial charge in [-0.2, -0.15) is 0 Å². The molecule has 0 amide bonds. The molecule has 0 saturated heterocycles. The predicted octanol–water partition coefficient (Wildman–Crippen LogP) is 3.73. The number of halogens is 3. The Kier molecular flexibility index (Phi) is 4.27. The number of nitrogens with zero attached hydrogens (tertiary/aromatic N) is 1. The molecular formula is C14H13BrF2N2. The van der Waals surface area contributed by atoms with E-state index in [1.165, 1.54) is 12.1 Å². The van der Waals surface area contributed by atoms with Crippen LogP contribution in [0, 0.1) is 11.6 Å². The maximum Gasteiger partial charge on any atom is 0.145 e. The molecule has 1 aromatic heterocycles. The lowest BCUT2D eigenvalue weighted by Gasteiger charge is -2.17. The molecule has 5 heteroatoms. The normalized spacial score (nSPS) is 12.5. The van der Waals surface area contributed by atoms with Crippen LogP contribution in [0.15, 0.2) is 34.9 Å². The highest BCUT2D eigenvalue weighted by atomic mass is 79.9. The Hall–Kier alpha value is -1.33. The molecule has 1 unspecified atom stereocenters. The van der Waals surface area contributed by atoms with E-state index in [4.69, 9.17) is 5.73 Å². The minimum absolute atomic E-state index is 0.164. The summed E-state index contributed by atoms with van der Waals surface area (Å²) < 4.78 is 28.1. The second-order valence-corrected chi connectivity index (χ2v) is 4.99. The minimum Gasteiger partial charge on any atom is -0.319 e. The molecule has 2 nitrogen and oxygen atoms in total. The molecule has 100 valence electrons. The quantitative estimate of drug-likeness (QED) is 0.873. The van der Waals surface area contributed by atoms with Crippen LogP contribution >= 0.6 is 15.9 Å². The average molecular weight is 327 g/mol. The first-order valence-electron chi connectivity index (χ1n) is 5.89. The number of pyridine rings is 1. The van der Waals surface area contributed by atoms with Crippen LogP contribution in [0.3, 0.4) is 0 Å². The van der Waals surface area contributed by atoms with Gasteiger partial charge in [-0.3, -0.25) is 4.98 Å². The smallest absolute Gasteiger partial charge is 0.145 e. The van der Waals surface area contributed by atoms with Gasteiger partial charge in [-0.15, -0.1) is 0 Å². The molecule has 1 aromatic carbocycles.